The molecule has 45 heavy (non-hydrogen) atoms. The Bertz CT molecular complexity index is 1280. The number of benzene rings is 4. The van der Waals surface area contributed by atoms with E-state index < -0.39 is 11.9 Å². The van der Waals surface area contributed by atoms with Gasteiger partial charge in [-0.25, -0.2) is 0 Å². The number of hydrogen-bond acceptors (Lipinski definition) is 3. The molecule has 4 aromatic rings. The quantitative estimate of drug-likeness (QED) is 0.183. The van der Waals surface area contributed by atoms with Crippen LogP contribution in [0.1, 0.15) is 106 Å². The fourth-order valence-electron chi connectivity index (χ4n) is 3.24. The van der Waals surface area contributed by atoms with Gasteiger partial charge in [0.2, 0.25) is 0 Å². The molecule has 250 valence electrons. The Hall–Kier alpha value is -2.07. The molecule has 0 radical (unpaired) electrons. The van der Waals surface area contributed by atoms with Crippen LogP contribution in [0.15, 0.2) is 72.8 Å². The second kappa shape index (κ2) is 41.9. The molecule has 0 unspecified atom stereocenters. The third kappa shape index (κ3) is 31.7. The zero-order valence-corrected chi connectivity index (χ0v) is 36.9. The molecule has 0 fully saturated rings. The molecule has 0 heterocycles. The first kappa shape index (κ1) is 61.9. The average molecular weight is 1070 g/mol. The van der Waals surface area contributed by atoms with Crippen LogP contribution >= 0.6 is 0 Å². The largest absolute Gasteiger partial charge is 0.481 e. The molecule has 0 bridgehead atoms. The molecule has 0 atom stereocenters. The Labute approximate surface area is 324 Å². The first-order chi connectivity index (χ1) is 19.5. The van der Waals surface area contributed by atoms with E-state index in [2.05, 4.69) is 62.4 Å². The Balaban J connectivity index is -0.0000000660. The summed E-state index contributed by atoms with van der Waals surface area (Å²) in [5.74, 6) is -1.67. The summed E-state index contributed by atoms with van der Waals surface area (Å²) in [4.78, 5) is 18.0. The number of carboxylic acid groups (broad SMARTS) is 2. The van der Waals surface area contributed by atoms with Crippen LogP contribution in [0.25, 0.3) is 21.5 Å². The third-order valence-corrected chi connectivity index (χ3v) is 4.34. The van der Waals surface area contributed by atoms with Crippen LogP contribution < -0.4 is 0 Å². The van der Waals surface area contributed by atoms with Crippen molar-refractivity contribution in [1.29, 1.82) is 5.26 Å². The SMILES string of the molecule is C.C.CC.CC.CC.CC.CC(=O)O.CC(=O)O.Cc1cc(C#N)c2ccccc2c1.Cc1cc(C)c2ccccc2c1.[U].[U]. The number of hydrogen-bond donors (Lipinski definition) is 2. The Morgan fingerprint density at radius 2 is 0.867 bits per heavy atom. The Kier molecular flexibility index (Phi) is 57.6. The fraction of sp³-hybridized carbons (Fsp3) is 0.395. The maximum Gasteiger partial charge on any atom is 0.300 e. The summed E-state index contributed by atoms with van der Waals surface area (Å²) in [6.07, 6.45) is 0. The molecule has 5 nitrogen and oxygen atoms in total. The molecule has 0 aliphatic carbocycles. The molecule has 0 aliphatic rings. The number of nitrogens with zero attached hydrogens (tertiary/aromatic N) is 1. The van der Waals surface area contributed by atoms with Gasteiger partial charge < -0.3 is 10.2 Å². The molecule has 0 aromatic heterocycles. The van der Waals surface area contributed by atoms with Gasteiger partial charge in [0.25, 0.3) is 11.9 Å². The molecule has 0 saturated carbocycles. The predicted molar refractivity (Wildman–Crippen MR) is 192 cm³/mol. The van der Waals surface area contributed by atoms with Gasteiger partial charge in [-0.3, -0.25) is 9.59 Å². The van der Waals surface area contributed by atoms with E-state index >= 15 is 0 Å². The van der Waals surface area contributed by atoms with Crippen molar-refractivity contribution in [2.45, 2.75) is 105 Å². The standard InChI is InChI=1S/C12H9N.C12H12.2C2H4O2.4C2H6.2CH4.2U/c1-9-6-10-4-2-3-5-12(10)11(7-9)8-13;1-9-7-10(2)12-6-4-3-5-11(12)8-9;2*1-2(3)4;4*1-2;;;;/h2-7H,1H3;3-8H,1-2H3;2*1H3,(H,3,4);4*1-2H3;2*1H4;;. The van der Waals surface area contributed by atoms with Gasteiger partial charge >= 0.3 is 0 Å². The molecule has 0 saturated heterocycles. The maximum atomic E-state index is 9.00. The monoisotopic (exact) mass is 1070 g/mol. The zero-order chi connectivity index (χ0) is 33.0. The van der Waals surface area contributed by atoms with Crippen LogP contribution in [-0.4, -0.2) is 22.2 Å². The molecule has 0 aliphatic heterocycles. The number of carbonyl (C=O) groups is 2. The van der Waals surface area contributed by atoms with Gasteiger partial charge in [0.1, 0.15) is 0 Å². The minimum Gasteiger partial charge on any atom is -0.481 e. The van der Waals surface area contributed by atoms with Crippen LogP contribution in [0, 0.1) is 94.3 Å². The minimum atomic E-state index is -0.833. The summed E-state index contributed by atoms with van der Waals surface area (Å²) in [6.45, 7) is 24.5. The number of rotatable bonds is 0. The van der Waals surface area contributed by atoms with Gasteiger partial charge in [-0.15, -0.1) is 0 Å². The van der Waals surface area contributed by atoms with Crippen molar-refractivity contribution in [3.8, 4) is 6.07 Å². The van der Waals surface area contributed by atoms with Crippen LogP contribution in [0.4, 0.5) is 0 Å². The van der Waals surface area contributed by atoms with Gasteiger partial charge in [0.05, 0.1) is 11.6 Å². The molecule has 0 spiro atoms. The van der Waals surface area contributed by atoms with Crippen molar-refractivity contribution in [2.75, 3.05) is 0 Å². The van der Waals surface area contributed by atoms with Crippen molar-refractivity contribution in [3.05, 3.63) is 95.1 Å². The van der Waals surface area contributed by atoms with Crippen molar-refractivity contribution < 1.29 is 82.0 Å². The molecule has 4 rings (SSSR count). The fourth-order valence-corrected chi connectivity index (χ4v) is 3.24. The minimum absolute atomic E-state index is 0. The van der Waals surface area contributed by atoms with E-state index in [4.69, 9.17) is 25.1 Å². The van der Waals surface area contributed by atoms with Gasteiger partial charge in [-0.05, 0) is 59.5 Å². The predicted octanol–water partition coefficient (Wildman–Crippen LogP) is 12.0. The molecule has 7 heteroatoms. The summed E-state index contributed by atoms with van der Waals surface area (Å²) >= 11 is 0. The maximum absolute atomic E-state index is 9.00. The van der Waals surface area contributed by atoms with E-state index in [1.807, 2.05) is 92.6 Å². The number of aliphatic carboxylic acids is 2. The summed E-state index contributed by atoms with van der Waals surface area (Å²) in [5.41, 5.74) is 4.60. The zero-order valence-electron chi connectivity index (χ0n) is 28.6. The summed E-state index contributed by atoms with van der Waals surface area (Å²) < 4.78 is 0. The van der Waals surface area contributed by atoms with E-state index in [9.17, 15) is 0 Å². The first-order valence-electron chi connectivity index (χ1n) is 14.3. The molecular weight excluding hydrogens is 1010 g/mol. The van der Waals surface area contributed by atoms with Gasteiger partial charge in [-0.1, -0.05) is 143 Å². The van der Waals surface area contributed by atoms with Crippen molar-refractivity contribution in [3.63, 3.8) is 0 Å². The van der Waals surface area contributed by atoms with Gasteiger partial charge in [0.15, 0.2) is 0 Å². The van der Waals surface area contributed by atoms with Crippen LogP contribution in [-0.2, 0) is 9.59 Å². The van der Waals surface area contributed by atoms with Crippen LogP contribution in [0.3, 0.4) is 0 Å². The van der Waals surface area contributed by atoms with Crippen molar-refractivity contribution >= 4 is 33.5 Å². The number of nitriles is 1. The molecule has 0 amide bonds. The first-order valence-corrected chi connectivity index (χ1v) is 14.3. The van der Waals surface area contributed by atoms with E-state index in [0.29, 0.717) is 0 Å². The molecule has 4 aromatic carbocycles. The number of carboxylic acids is 2. The molecular formula is C38H61NO4U2. The number of fused-ring (bicyclic) bond motifs is 2. The topological polar surface area (TPSA) is 98.4 Å². The summed E-state index contributed by atoms with van der Waals surface area (Å²) in [5, 5.41) is 28.6. The van der Waals surface area contributed by atoms with Crippen LogP contribution in [0.2, 0.25) is 0 Å². The summed E-state index contributed by atoms with van der Waals surface area (Å²) in [6, 6.07) is 27.1. The molecule has 2 N–H and O–H groups in total. The van der Waals surface area contributed by atoms with Gasteiger partial charge in [-0.2, -0.15) is 5.26 Å². The van der Waals surface area contributed by atoms with E-state index in [1.54, 1.807) is 0 Å². The Morgan fingerprint density at radius 3 is 1.22 bits per heavy atom. The van der Waals surface area contributed by atoms with Crippen molar-refractivity contribution in [1.82, 2.24) is 0 Å². The van der Waals surface area contributed by atoms with E-state index in [1.165, 1.54) is 21.9 Å². The summed E-state index contributed by atoms with van der Waals surface area (Å²) in [7, 11) is 0. The average Bonchev–Trinajstić information content (AvgIpc) is 2.96. The normalized spacial score (nSPS) is 7.29. The smallest absolute Gasteiger partial charge is 0.300 e. The number of aryl methyl sites for hydroxylation is 3. The van der Waals surface area contributed by atoms with E-state index in [-0.39, 0.29) is 77.1 Å². The Morgan fingerprint density at radius 1 is 0.578 bits per heavy atom. The van der Waals surface area contributed by atoms with Crippen LogP contribution in [0.5, 0.6) is 0 Å². The van der Waals surface area contributed by atoms with Gasteiger partial charge in [0, 0.05) is 76.1 Å². The third-order valence-electron chi connectivity index (χ3n) is 4.34. The van der Waals surface area contributed by atoms with Crippen molar-refractivity contribution in [2.24, 2.45) is 0 Å². The van der Waals surface area contributed by atoms with E-state index in [0.717, 1.165) is 35.7 Å². The second-order valence-corrected chi connectivity index (χ2v) is 7.49. The second-order valence-electron chi connectivity index (χ2n) is 7.49.